The topological polar surface area (TPSA) is 99.5 Å². The first-order chi connectivity index (χ1) is 17.3. The van der Waals surface area contributed by atoms with Gasteiger partial charge in [-0.05, 0) is 43.7 Å². The number of carbonyl (C=O) groups is 3. The Morgan fingerprint density at radius 1 is 1.11 bits per heavy atom. The number of esters is 1. The van der Waals surface area contributed by atoms with Gasteiger partial charge >= 0.3 is 5.97 Å². The number of nitrogens with one attached hydrogen (secondary N) is 1. The maximum absolute atomic E-state index is 13.3. The highest BCUT2D eigenvalue weighted by Gasteiger charge is 2.25. The Morgan fingerprint density at radius 2 is 1.81 bits per heavy atom. The van der Waals surface area contributed by atoms with E-state index in [1.807, 2.05) is 36.4 Å². The van der Waals surface area contributed by atoms with Crippen molar-refractivity contribution < 1.29 is 23.5 Å². The largest absolute Gasteiger partial charge is 0.452 e. The SMILES string of the molecule is CC(C)=CC(=O)Nc1scc(-c2ccccc2)c1C(=O)OCC(=O)N(CCC#N)c1ccc(F)cc1. The van der Waals surface area contributed by atoms with Gasteiger partial charge in [0.05, 0.1) is 12.5 Å². The standard InChI is InChI=1S/C27H24FN3O4S/c1-18(2)15-23(32)30-26-25(22(17-36-26)19-7-4-3-5-8-19)27(34)35-16-24(33)31(14-6-13-29)21-11-9-20(28)10-12-21/h3-5,7-12,15,17H,6,14,16H2,1-2H3,(H,30,32). The van der Waals surface area contributed by atoms with Crippen molar-refractivity contribution in [2.45, 2.75) is 20.3 Å². The lowest BCUT2D eigenvalue weighted by molar-refractivity contribution is -0.121. The summed E-state index contributed by atoms with van der Waals surface area (Å²) in [5.41, 5.74) is 2.62. The van der Waals surface area contributed by atoms with Crippen molar-refractivity contribution in [1.29, 1.82) is 5.26 Å². The number of hydrogen-bond donors (Lipinski definition) is 1. The molecule has 184 valence electrons. The van der Waals surface area contributed by atoms with Crippen LogP contribution in [0.5, 0.6) is 0 Å². The number of anilines is 2. The second-order valence-corrected chi connectivity index (χ2v) is 8.82. The van der Waals surface area contributed by atoms with E-state index in [1.54, 1.807) is 19.2 Å². The van der Waals surface area contributed by atoms with Gasteiger partial charge in [0.15, 0.2) is 6.61 Å². The number of rotatable bonds is 9. The summed E-state index contributed by atoms with van der Waals surface area (Å²) in [4.78, 5) is 39.7. The van der Waals surface area contributed by atoms with Gasteiger partial charge in [-0.2, -0.15) is 5.26 Å². The number of amides is 2. The minimum absolute atomic E-state index is 0.0420. The molecule has 7 nitrogen and oxygen atoms in total. The van der Waals surface area contributed by atoms with Crippen molar-refractivity contribution in [1.82, 2.24) is 0 Å². The minimum Gasteiger partial charge on any atom is -0.452 e. The Labute approximate surface area is 212 Å². The first-order valence-corrected chi connectivity index (χ1v) is 11.9. The van der Waals surface area contributed by atoms with Gasteiger partial charge in [0.1, 0.15) is 16.4 Å². The van der Waals surface area contributed by atoms with Gasteiger partial charge in [0.25, 0.3) is 5.91 Å². The van der Waals surface area contributed by atoms with E-state index in [4.69, 9.17) is 10.00 Å². The molecule has 1 N–H and O–H groups in total. The number of ether oxygens (including phenoxy) is 1. The maximum Gasteiger partial charge on any atom is 0.342 e. The van der Waals surface area contributed by atoms with E-state index in [1.165, 1.54) is 46.6 Å². The van der Waals surface area contributed by atoms with Crippen molar-refractivity contribution >= 4 is 39.8 Å². The van der Waals surface area contributed by atoms with Crippen LogP contribution in [0.15, 0.2) is 71.6 Å². The summed E-state index contributed by atoms with van der Waals surface area (Å²) in [6.07, 6.45) is 1.45. The van der Waals surface area contributed by atoms with Crippen LogP contribution in [-0.2, 0) is 14.3 Å². The monoisotopic (exact) mass is 505 g/mol. The molecule has 0 aliphatic rings. The third-order valence-electron chi connectivity index (χ3n) is 4.95. The Kier molecular flexibility index (Phi) is 9.08. The lowest BCUT2D eigenvalue weighted by Crippen LogP contribution is -2.35. The molecule has 2 aromatic carbocycles. The summed E-state index contributed by atoms with van der Waals surface area (Å²) in [5.74, 6) is -2.21. The van der Waals surface area contributed by atoms with Crippen LogP contribution < -0.4 is 10.2 Å². The molecule has 0 saturated carbocycles. The maximum atomic E-state index is 13.3. The first kappa shape index (κ1) is 26.3. The van der Waals surface area contributed by atoms with E-state index in [2.05, 4.69) is 5.32 Å². The fourth-order valence-corrected chi connectivity index (χ4v) is 4.31. The van der Waals surface area contributed by atoms with Crippen LogP contribution in [0.25, 0.3) is 11.1 Å². The number of thiophene rings is 1. The van der Waals surface area contributed by atoms with Gasteiger partial charge in [-0.25, -0.2) is 9.18 Å². The van der Waals surface area contributed by atoms with Crippen molar-refractivity contribution in [2.75, 3.05) is 23.4 Å². The van der Waals surface area contributed by atoms with Crippen molar-refractivity contribution in [3.05, 3.63) is 83.0 Å². The van der Waals surface area contributed by atoms with Crippen molar-refractivity contribution in [3.8, 4) is 17.2 Å². The quantitative estimate of drug-likeness (QED) is 0.303. The highest BCUT2D eigenvalue weighted by molar-refractivity contribution is 7.15. The zero-order valence-corrected chi connectivity index (χ0v) is 20.6. The van der Waals surface area contributed by atoms with E-state index in [-0.39, 0.29) is 24.4 Å². The predicted molar refractivity (Wildman–Crippen MR) is 137 cm³/mol. The fraction of sp³-hybridized carbons (Fsp3) is 0.185. The van der Waals surface area contributed by atoms with Crippen LogP contribution in [0.1, 0.15) is 30.6 Å². The van der Waals surface area contributed by atoms with Gasteiger partial charge in [0.2, 0.25) is 5.91 Å². The minimum atomic E-state index is -0.782. The zero-order chi connectivity index (χ0) is 26.1. The molecule has 0 atom stereocenters. The third kappa shape index (κ3) is 6.87. The number of nitrogens with zero attached hydrogens (tertiary/aromatic N) is 2. The average molecular weight is 506 g/mol. The lowest BCUT2D eigenvalue weighted by Gasteiger charge is -2.21. The highest BCUT2D eigenvalue weighted by atomic mass is 32.1. The van der Waals surface area contributed by atoms with Gasteiger partial charge in [-0.1, -0.05) is 35.9 Å². The van der Waals surface area contributed by atoms with Crippen LogP contribution in [0.2, 0.25) is 0 Å². The number of allylic oxidation sites excluding steroid dienone is 1. The molecule has 0 unspecified atom stereocenters. The van der Waals surface area contributed by atoms with Gasteiger partial charge < -0.3 is 15.0 Å². The Morgan fingerprint density at radius 3 is 2.44 bits per heavy atom. The lowest BCUT2D eigenvalue weighted by atomic mass is 10.0. The number of carbonyl (C=O) groups excluding carboxylic acids is 3. The molecule has 2 amide bonds. The number of benzene rings is 2. The van der Waals surface area contributed by atoms with E-state index < -0.39 is 24.3 Å². The van der Waals surface area contributed by atoms with E-state index in [0.717, 1.165) is 11.1 Å². The molecule has 0 fully saturated rings. The van der Waals surface area contributed by atoms with Crippen LogP contribution in [0.4, 0.5) is 15.1 Å². The summed E-state index contributed by atoms with van der Waals surface area (Å²) in [6.45, 7) is 3.01. The molecule has 0 saturated heterocycles. The predicted octanol–water partition coefficient (Wildman–Crippen LogP) is 5.56. The highest BCUT2D eigenvalue weighted by Crippen LogP contribution is 2.36. The van der Waals surface area contributed by atoms with E-state index >= 15 is 0 Å². The van der Waals surface area contributed by atoms with Crippen molar-refractivity contribution in [2.24, 2.45) is 0 Å². The molecule has 1 aromatic heterocycles. The van der Waals surface area contributed by atoms with Gasteiger partial charge in [-0.15, -0.1) is 11.3 Å². The smallest absolute Gasteiger partial charge is 0.342 e. The Hall–Kier alpha value is -4.29. The third-order valence-corrected chi connectivity index (χ3v) is 5.85. The summed E-state index contributed by atoms with van der Waals surface area (Å²) in [7, 11) is 0. The number of nitriles is 1. The first-order valence-electron chi connectivity index (χ1n) is 11.0. The summed E-state index contributed by atoms with van der Waals surface area (Å²) < 4.78 is 18.7. The molecular formula is C27H24FN3O4S. The Balaban J connectivity index is 1.85. The molecule has 0 aliphatic heterocycles. The van der Waals surface area contributed by atoms with Crippen LogP contribution in [-0.4, -0.2) is 30.9 Å². The Bertz CT molecular complexity index is 1310. The second kappa shape index (κ2) is 12.4. The molecule has 3 aromatic rings. The average Bonchev–Trinajstić information content (AvgIpc) is 3.27. The van der Waals surface area contributed by atoms with E-state index in [9.17, 15) is 18.8 Å². The summed E-state index contributed by atoms with van der Waals surface area (Å²) in [6, 6.07) is 16.3. The summed E-state index contributed by atoms with van der Waals surface area (Å²) in [5, 5.41) is 13.7. The normalized spacial score (nSPS) is 10.2. The molecule has 0 radical (unpaired) electrons. The van der Waals surface area contributed by atoms with Crippen LogP contribution >= 0.6 is 11.3 Å². The fourth-order valence-electron chi connectivity index (χ4n) is 3.35. The molecule has 1 heterocycles. The van der Waals surface area contributed by atoms with Gasteiger partial charge in [-0.3, -0.25) is 9.59 Å². The zero-order valence-electron chi connectivity index (χ0n) is 19.8. The van der Waals surface area contributed by atoms with Crippen LogP contribution in [0.3, 0.4) is 0 Å². The molecule has 9 heteroatoms. The molecule has 36 heavy (non-hydrogen) atoms. The molecular weight excluding hydrogens is 481 g/mol. The second-order valence-electron chi connectivity index (χ2n) is 7.94. The molecule has 3 rings (SSSR count). The molecule has 0 bridgehead atoms. The van der Waals surface area contributed by atoms with Gasteiger partial charge in [0, 0.05) is 29.3 Å². The molecule has 0 aliphatic carbocycles. The molecule has 0 spiro atoms. The number of hydrogen-bond acceptors (Lipinski definition) is 6. The van der Waals surface area contributed by atoms with Crippen molar-refractivity contribution in [3.63, 3.8) is 0 Å². The van der Waals surface area contributed by atoms with E-state index in [0.29, 0.717) is 16.3 Å². The number of halogens is 1. The summed E-state index contributed by atoms with van der Waals surface area (Å²) >= 11 is 1.18. The van der Waals surface area contributed by atoms with Crippen LogP contribution in [0, 0.1) is 17.1 Å².